The number of ether oxygens (including phenoxy) is 2. The summed E-state index contributed by atoms with van der Waals surface area (Å²) < 4.78 is 9.79. The fraction of sp³-hybridized carbons (Fsp3) is 0.333. The molecule has 0 bridgehead atoms. The smallest absolute Gasteiger partial charge is 0.350 e. The van der Waals surface area contributed by atoms with Crippen LogP contribution < -0.4 is 0 Å². The molecule has 10 heavy (non-hydrogen) atoms. The van der Waals surface area contributed by atoms with Gasteiger partial charge >= 0.3 is 5.95 Å². The molecule has 0 atom stereocenters. The average molecular weight is 158 g/mol. The van der Waals surface area contributed by atoms with Crippen LogP contribution in [0.5, 0.6) is 0 Å². The van der Waals surface area contributed by atoms with Crippen molar-refractivity contribution in [1.82, 2.24) is 0 Å². The molecule has 0 unspecified atom stereocenters. The molecule has 1 aliphatic heterocycles. The van der Waals surface area contributed by atoms with E-state index in [9.17, 15) is 0 Å². The Morgan fingerprint density at radius 3 is 2.60 bits per heavy atom. The molecule has 0 aromatic carbocycles. The molecule has 1 rings (SSSR count). The molecule has 54 valence electrons. The molecule has 0 aliphatic carbocycles. The van der Waals surface area contributed by atoms with E-state index in [1.165, 1.54) is 0 Å². The van der Waals surface area contributed by atoms with Crippen LogP contribution in [0.3, 0.4) is 0 Å². The van der Waals surface area contributed by atoms with Crippen LogP contribution in [0.4, 0.5) is 0 Å². The lowest BCUT2D eigenvalue weighted by atomic mass is 10.4. The van der Waals surface area contributed by atoms with E-state index in [-0.39, 0.29) is 12.6 Å². The third kappa shape index (κ3) is 1.19. The van der Waals surface area contributed by atoms with Gasteiger partial charge in [0.15, 0.2) is 5.76 Å². The Morgan fingerprint density at radius 2 is 2.30 bits per heavy atom. The highest BCUT2D eigenvalue weighted by molar-refractivity contribution is 7.78. The number of aliphatic hydroxyl groups excluding tert-OH is 1. The molecule has 1 heterocycles. The van der Waals surface area contributed by atoms with E-state index < -0.39 is 0 Å². The molecule has 1 N–H and O–H groups in total. The standard InChI is InChI=1S/C6H6O3S/c1-4-5(2-7)9-6(3-10)8-4/h7H,2H2,1H3. The van der Waals surface area contributed by atoms with Gasteiger partial charge in [0.25, 0.3) is 0 Å². The molecule has 0 spiro atoms. The maximum absolute atomic E-state index is 8.61. The topological polar surface area (TPSA) is 38.7 Å². The van der Waals surface area contributed by atoms with Crippen molar-refractivity contribution in [1.29, 1.82) is 0 Å². The first-order valence-corrected chi connectivity index (χ1v) is 3.10. The van der Waals surface area contributed by atoms with E-state index in [1.807, 2.05) is 0 Å². The lowest BCUT2D eigenvalue weighted by Gasteiger charge is -1.92. The minimum absolute atomic E-state index is 0.136. The second-order valence-corrected chi connectivity index (χ2v) is 1.94. The minimum Gasteiger partial charge on any atom is -0.420 e. The number of hydrogen-bond donors (Lipinski definition) is 1. The van der Waals surface area contributed by atoms with Gasteiger partial charge in [0, 0.05) is 5.02 Å². The highest BCUT2D eigenvalue weighted by atomic mass is 32.1. The third-order valence-corrected chi connectivity index (χ3v) is 1.25. The minimum atomic E-state index is -0.174. The first-order valence-electron chi connectivity index (χ1n) is 2.69. The Balaban J connectivity index is 2.77. The zero-order chi connectivity index (χ0) is 7.56. The molecule has 0 amide bonds. The molecular formula is C6H6O3S. The van der Waals surface area contributed by atoms with Crippen LogP contribution >= 0.6 is 12.2 Å². The van der Waals surface area contributed by atoms with Crippen LogP contribution in [0.1, 0.15) is 6.92 Å². The Morgan fingerprint density at radius 1 is 1.60 bits per heavy atom. The van der Waals surface area contributed by atoms with Gasteiger partial charge < -0.3 is 14.6 Å². The van der Waals surface area contributed by atoms with Crippen molar-refractivity contribution >= 4 is 17.2 Å². The number of aliphatic hydroxyl groups is 1. The number of rotatable bonds is 1. The van der Waals surface area contributed by atoms with Crippen LogP contribution in [-0.2, 0) is 9.47 Å². The summed E-state index contributed by atoms with van der Waals surface area (Å²) in [6, 6.07) is 0. The van der Waals surface area contributed by atoms with Crippen molar-refractivity contribution < 1.29 is 14.6 Å². The Labute approximate surface area is 63.6 Å². The Bertz CT molecular complexity index is 225. The van der Waals surface area contributed by atoms with Crippen LogP contribution in [0.15, 0.2) is 17.5 Å². The fourth-order valence-electron chi connectivity index (χ4n) is 0.586. The van der Waals surface area contributed by atoms with Gasteiger partial charge in [-0.2, -0.15) is 0 Å². The van der Waals surface area contributed by atoms with Crippen molar-refractivity contribution in [3.05, 3.63) is 17.5 Å². The lowest BCUT2D eigenvalue weighted by molar-refractivity contribution is 0.166. The van der Waals surface area contributed by atoms with Gasteiger partial charge in [0.2, 0.25) is 0 Å². The van der Waals surface area contributed by atoms with Crippen molar-refractivity contribution in [2.24, 2.45) is 0 Å². The van der Waals surface area contributed by atoms with Gasteiger partial charge in [0.1, 0.15) is 12.4 Å². The fourth-order valence-corrected chi connectivity index (χ4v) is 0.669. The number of thiocarbonyl (C=S) groups is 1. The number of hydrogen-bond acceptors (Lipinski definition) is 4. The summed E-state index contributed by atoms with van der Waals surface area (Å²) >= 11 is 4.42. The molecule has 0 saturated heterocycles. The van der Waals surface area contributed by atoms with E-state index in [0.29, 0.717) is 11.5 Å². The zero-order valence-corrected chi connectivity index (χ0v) is 6.20. The molecule has 3 nitrogen and oxygen atoms in total. The van der Waals surface area contributed by atoms with E-state index in [2.05, 4.69) is 17.2 Å². The van der Waals surface area contributed by atoms with Crippen molar-refractivity contribution in [3.63, 3.8) is 0 Å². The SMILES string of the molecule is CC1=C(CO)OC(=C=S)O1. The molecule has 4 heteroatoms. The highest BCUT2D eigenvalue weighted by Gasteiger charge is 2.17. The summed E-state index contributed by atoms with van der Waals surface area (Å²) in [7, 11) is 0. The van der Waals surface area contributed by atoms with Crippen LogP contribution in [0.25, 0.3) is 0 Å². The molecule has 0 radical (unpaired) electrons. The van der Waals surface area contributed by atoms with Gasteiger partial charge in [-0.3, -0.25) is 0 Å². The summed E-state index contributed by atoms with van der Waals surface area (Å²) in [5.41, 5.74) is 0. The van der Waals surface area contributed by atoms with Gasteiger partial charge in [0.05, 0.1) is 0 Å². The average Bonchev–Trinajstić information content (AvgIpc) is 2.30. The van der Waals surface area contributed by atoms with E-state index >= 15 is 0 Å². The van der Waals surface area contributed by atoms with E-state index in [0.717, 1.165) is 0 Å². The summed E-state index contributed by atoms with van der Waals surface area (Å²) in [6.07, 6.45) is 0. The predicted octanol–water partition coefficient (Wildman–Crippen LogP) is 0.697. The van der Waals surface area contributed by atoms with Gasteiger partial charge in [-0.15, -0.1) is 0 Å². The van der Waals surface area contributed by atoms with E-state index in [1.54, 1.807) is 6.92 Å². The summed E-state index contributed by atoms with van der Waals surface area (Å²) in [5.74, 6) is 1.07. The van der Waals surface area contributed by atoms with Crippen LogP contribution in [0.2, 0.25) is 0 Å². The zero-order valence-electron chi connectivity index (χ0n) is 5.38. The first kappa shape index (κ1) is 7.28. The largest absolute Gasteiger partial charge is 0.420 e. The molecule has 0 aromatic rings. The molecule has 0 aromatic heterocycles. The van der Waals surface area contributed by atoms with Crippen LogP contribution in [0, 0.1) is 0 Å². The number of allylic oxidation sites excluding steroid dienone is 1. The second-order valence-electron chi connectivity index (χ2n) is 1.73. The molecule has 0 fully saturated rings. The Hall–Kier alpha value is -0.830. The van der Waals surface area contributed by atoms with Gasteiger partial charge in [-0.25, -0.2) is 0 Å². The lowest BCUT2D eigenvalue weighted by Crippen LogP contribution is -1.90. The third-order valence-electron chi connectivity index (χ3n) is 1.08. The summed E-state index contributed by atoms with van der Waals surface area (Å²) in [4.78, 5) is 0. The normalized spacial score (nSPS) is 16.4. The molecule has 1 aliphatic rings. The molecule has 0 saturated carbocycles. The van der Waals surface area contributed by atoms with Crippen molar-refractivity contribution in [2.45, 2.75) is 6.92 Å². The van der Waals surface area contributed by atoms with Gasteiger partial charge in [-0.1, -0.05) is 0 Å². The van der Waals surface area contributed by atoms with E-state index in [4.69, 9.17) is 14.6 Å². The van der Waals surface area contributed by atoms with Gasteiger partial charge in [-0.05, 0) is 19.1 Å². The highest BCUT2D eigenvalue weighted by Crippen LogP contribution is 2.21. The summed E-state index contributed by atoms with van der Waals surface area (Å²) in [5, 5.41) is 10.9. The Kier molecular flexibility index (Phi) is 2.06. The maximum Gasteiger partial charge on any atom is 0.350 e. The van der Waals surface area contributed by atoms with Crippen molar-refractivity contribution in [2.75, 3.05) is 6.61 Å². The maximum atomic E-state index is 8.61. The predicted molar refractivity (Wildman–Crippen MR) is 38.1 cm³/mol. The first-order chi connectivity index (χ1) is 4.77. The summed E-state index contributed by atoms with van der Waals surface area (Å²) in [6.45, 7) is 1.51. The quantitative estimate of drug-likeness (QED) is 0.570. The monoisotopic (exact) mass is 158 g/mol. The van der Waals surface area contributed by atoms with Crippen LogP contribution in [-0.4, -0.2) is 16.7 Å². The second kappa shape index (κ2) is 2.84. The molecular weight excluding hydrogens is 152 g/mol. The van der Waals surface area contributed by atoms with Crippen molar-refractivity contribution in [3.8, 4) is 0 Å².